The Kier molecular flexibility index (Phi) is 7.80. The number of anilines is 1. The first kappa shape index (κ1) is 24.5. The lowest BCUT2D eigenvalue weighted by atomic mass is 9.72. The number of benzene rings is 2. The molecule has 1 amide bonds. The van der Waals surface area contributed by atoms with E-state index in [1.54, 1.807) is 6.20 Å². The number of carboxylic acids is 1. The molecular weight excluding hydrogens is 440 g/mol. The fourth-order valence-electron chi connectivity index (χ4n) is 4.66. The molecule has 1 unspecified atom stereocenters. The number of ether oxygens (including phenoxy) is 1. The first-order valence-corrected chi connectivity index (χ1v) is 12.3. The van der Waals surface area contributed by atoms with E-state index in [1.807, 2.05) is 68.6 Å². The fraction of sp³-hybridized carbons (Fsp3) is 0.345. The van der Waals surface area contributed by atoms with E-state index in [-0.39, 0.29) is 18.2 Å². The second-order valence-corrected chi connectivity index (χ2v) is 9.11. The molecule has 0 spiro atoms. The number of nitrogens with zero attached hydrogens (tertiary/aromatic N) is 1. The summed E-state index contributed by atoms with van der Waals surface area (Å²) in [6.07, 6.45) is 7.25. The number of aromatic nitrogens is 1. The van der Waals surface area contributed by atoms with Crippen LogP contribution in [0.4, 0.5) is 5.69 Å². The summed E-state index contributed by atoms with van der Waals surface area (Å²) in [4.78, 5) is 28.8. The zero-order valence-electron chi connectivity index (χ0n) is 20.3. The first-order valence-electron chi connectivity index (χ1n) is 12.3. The largest absolute Gasteiger partial charge is 0.492 e. The predicted octanol–water partition coefficient (Wildman–Crippen LogP) is 6.00. The molecule has 6 nitrogen and oxygen atoms in total. The summed E-state index contributed by atoms with van der Waals surface area (Å²) in [5, 5.41) is 12.2. The number of carbonyl (C=O) groups is 2. The third-order valence-corrected chi connectivity index (χ3v) is 6.84. The molecule has 1 aromatic heterocycles. The second-order valence-electron chi connectivity index (χ2n) is 9.11. The smallest absolute Gasteiger partial charge is 0.303 e. The molecule has 1 fully saturated rings. The first-order chi connectivity index (χ1) is 17.0. The van der Waals surface area contributed by atoms with Crippen molar-refractivity contribution in [2.75, 3.05) is 11.9 Å². The van der Waals surface area contributed by atoms with Crippen LogP contribution in [-0.4, -0.2) is 28.6 Å². The van der Waals surface area contributed by atoms with Gasteiger partial charge in [0, 0.05) is 23.9 Å². The van der Waals surface area contributed by atoms with E-state index >= 15 is 0 Å². The van der Waals surface area contributed by atoms with Gasteiger partial charge in [-0.1, -0.05) is 42.8 Å². The van der Waals surface area contributed by atoms with E-state index in [1.165, 1.54) is 0 Å². The zero-order chi connectivity index (χ0) is 24.8. The van der Waals surface area contributed by atoms with Crippen LogP contribution in [0.25, 0.3) is 11.1 Å². The minimum absolute atomic E-state index is 0.0130. The molecule has 1 heterocycles. The normalized spacial score (nSPS) is 14.1. The third kappa shape index (κ3) is 5.88. The summed E-state index contributed by atoms with van der Waals surface area (Å²) in [5.74, 6) is -0.0116. The SMILES string of the molecule is CCOc1cncc(-c2ccc(C(C(=O)Nc3cccc(CCC(=O)O)c3C)C3CCC3)cc2)c1. The topological polar surface area (TPSA) is 88.5 Å². The fourth-order valence-corrected chi connectivity index (χ4v) is 4.66. The highest BCUT2D eigenvalue weighted by molar-refractivity contribution is 5.97. The van der Waals surface area contributed by atoms with Crippen LogP contribution in [0.15, 0.2) is 60.9 Å². The monoisotopic (exact) mass is 472 g/mol. The molecule has 3 aromatic rings. The Morgan fingerprint density at radius 2 is 1.89 bits per heavy atom. The van der Waals surface area contributed by atoms with E-state index in [0.717, 1.165) is 58.5 Å². The number of carboxylic acid groups (broad SMARTS) is 1. The summed E-state index contributed by atoms with van der Waals surface area (Å²) in [6, 6.07) is 15.8. The number of nitrogens with one attached hydrogen (secondary N) is 1. The number of aliphatic carboxylic acids is 1. The molecule has 0 saturated heterocycles. The van der Waals surface area contributed by atoms with Gasteiger partial charge in [-0.3, -0.25) is 14.6 Å². The molecule has 2 N–H and O–H groups in total. The summed E-state index contributed by atoms with van der Waals surface area (Å²) < 4.78 is 5.57. The van der Waals surface area contributed by atoms with Crippen molar-refractivity contribution >= 4 is 17.6 Å². The van der Waals surface area contributed by atoms with Crippen molar-refractivity contribution in [3.8, 4) is 16.9 Å². The number of aryl methyl sites for hydroxylation is 1. The summed E-state index contributed by atoms with van der Waals surface area (Å²) in [6.45, 7) is 4.47. The van der Waals surface area contributed by atoms with Crippen molar-refractivity contribution in [2.45, 2.75) is 51.9 Å². The second kappa shape index (κ2) is 11.2. The molecule has 182 valence electrons. The number of hydrogen-bond donors (Lipinski definition) is 2. The lowest BCUT2D eigenvalue weighted by Gasteiger charge is -2.33. The highest BCUT2D eigenvalue weighted by Crippen LogP contribution is 2.40. The van der Waals surface area contributed by atoms with Gasteiger partial charge in [0.05, 0.1) is 18.7 Å². The van der Waals surface area contributed by atoms with Crippen LogP contribution in [0.5, 0.6) is 5.75 Å². The summed E-state index contributed by atoms with van der Waals surface area (Å²) >= 11 is 0. The Morgan fingerprint density at radius 1 is 1.11 bits per heavy atom. The Hall–Kier alpha value is -3.67. The van der Waals surface area contributed by atoms with Gasteiger partial charge < -0.3 is 15.2 Å². The Balaban J connectivity index is 1.54. The molecule has 0 aliphatic heterocycles. The van der Waals surface area contributed by atoms with Crippen LogP contribution in [0.3, 0.4) is 0 Å². The molecule has 35 heavy (non-hydrogen) atoms. The van der Waals surface area contributed by atoms with Crippen molar-refractivity contribution in [1.82, 2.24) is 4.98 Å². The molecule has 4 rings (SSSR count). The van der Waals surface area contributed by atoms with Crippen molar-refractivity contribution in [3.63, 3.8) is 0 Å². The number of carbonyl (C=O) groups excluding carboxylic acids is 1. The van der Waals surface area contributed by atoms with Crippen LogP contribution in [-0.2, 0) is 16.0 Å². The lowest BCUT2D eigenvalue weighted by molar-refractivity contribution is -0.137. The van der Waals surface area contributed by atoms with Gasteiger partial charge in [-0.05, 0) is 73.4 Å². The van der Waals surface area contributed by atoms with Gasteiger partial charge in [0.1, 0.15) is 5.75 Å². The molecule has 1 saturated carbocycles. The summed E-state index contributed by atoms with van der Waals surface area (Å²) in [5.41, 5.74) is 5.62. The van der Waals surface area contributed by atoms with E-state index in [9.17, 15) is 9.59 Å². The van der Waals surface area contributed by atoms with Crippen molar-refractivity contribution in [3.05, 3.63) is 77.6 Å². The lowest BCUT2D eigenvalue weighted by Crippen LogP contribution is -2.31. The van der Waals surface area contributed by atoms with E-state index in [4.69, 9.17) is 9.84 Å². The standard InChI is InChI=1S/C29H32N2O4/c1-3-35-25-16-24(17-30-18-25)21-10-12-23(13-11-21)28(22-7-4-8-22)29(34)31-26-9-5-6-20(19(26)2)14-15-27(32)33/h5-6,9-13,16-18,22,28H,3-4,7-8,14-15H2,1-2H3,(H,31,34)(H,32,33). The van der Waals surface area contributed by atoms with Crippen LogP contribution >= 0.6 is 0 Å². The quantitative estimate of drug-likeness (QED) is 0.378. The van der Waals surface area contributed by atoms with Gasteiger partial charge in [-0.25, -0.2) is 0 Å². The van der Waals surface area contributed by atoms with Gasteiger partial charge in [-0.2, -0.15) is 0 Å². The van der Waals surface area contributed by atoms with Crippen LogP contribution in [0, 0.1) is 12.8 Å². The third-order valence-electron chi connectivity index (χ3n) is 6.84. The summed E-state index contributed by atoms with van der Waals surface area (Å²) in [7, 11) is 0. The van der Waals surface area contributed by atoms with Gasteiger partial charge in [0.15, 0.2) is 0 Å². The van der Waals surface area contributed by atoms with Crippen LogP contribution in [0.2, 0.25) is 0 Å². The van der Waals surface area contributed by atoms with Crippen molar-refractivity contribution in [1.29, 1.82) is 0 Å². The predicted molar refractivity (Wildman–Crippen MR) is 137 cm³/mol. The molecular formula is C29H32N2O4. The Morgan fingerprint density at radius 3 is 2.54 bits per heavy atom. The maximum Gasteiger partial charge on any atom is 0.303 e. The average Bonchev–Trinajstić information content (AvgIpc) is 2.82. The minimum Gasteiger partial charge on any atom is -0.492 e. The Labute approximate surface area is 206 Å². The van der Waals surface area contributed by atoms with E-state index in [0.29, 0.717) is 18.9 Å². The maximum atomic E-state index is 13.5. The number of rotatable bonds is 10. The average molecular weight is 473 g/mol. The zero-order valence-corrected chi connectivity index (χ0v) is 20.3. The van der Waals surface area contributed by atoms with Gasteiger partial charge in [-0.15, -0.1) is 0 Å². The minimum atomic E-state index is -0.826. The van der Waals surface area contributed by atoms with Crippen LogP contribution in [0.1, 0.15) is 55.2 Å². The molecule has 2 aromatic carbocycles. The molecule has 1 aliphatic carbocycles. The molecule has 0 radical (unpaired) electrons. The maximum absolute atomic E-state index is 13.5. The molecule has 1 atom stereocenters. The van der Waals surface area contributed by atoms with Gasteiger partial charge in [0.25, 0.3) is 0 Å². The van der Waals surface area contributed by atoms with Gasteiger partial charge in [0.2, 0.25) is 5.91 Å². The van der Waals surface area contributed by atoms with Crippen molar-refractivity contribution in [2.24, 2.45) is 5.92 Å². The molecule has 6 heteroatoms. The highest BCUT2D eigenvalue weighted by atomic mass is 16.5. The van der Waals surface area contributed by atoms with Crippen molar-refractivity contribution < 1.29 is 19.4 Å². The number of hydrogen-bond acceptors (Lipinski definition) is 4. The Bertz CT molecular complexity index is 1190. The molecule has 1 aliphatic rings. The van der Waals surface area contributed by atoms with E-state index in [2.05, 4.69) is 10.3 Å². The number of amides is 1. The molecule has 0 bridgehead atoms. The number of pyridine rings is 1. The van der Waals surface area contributed by atoms with Gasteiger partial charge >= 0.3 is 5.97 Å². The van der Waals surface area contributed by atoms with E-state index < -0.39 is 5.97 Å². The van der Waals surface area contributed by atoms with Crippen LogP contribution < -0.4 is 10.1 Å². The highest BCUT2D eigenvalue weighted by Gasteiger charge is 2.34.